The molecule has 0 aliphatic rings. The number of rotatable bonds is 7. The molecular formula is C11H20N4O5. The zero-order chi connectivity index (χ0) is 15.9. The van der Waals surface area contributed by atoms with Gasteiger partial charge >= 0.3 is 12.0 Å². The van der Waals surface area contributed by atoms with Crippen molar-refractivity contribution in [2.45, 2.75) is 32.4 Å². The Hall–Kier alpha value is -2.32. The second kappa shape index (κ2) is 7.97. The number of carbonyl (C=O) groups is 4. The molecular weight excluding hydrogens is 268 g/mol. The summed E-state index contributed by atoms with van der Waals surface area (Å²) in [7, 11) is 1.57. The van der Waals surface area contributed by atoms with E-state index in [0.29, 0.717) is 6.54 Å². The second-order valence-corrected chi connectivity index (χ2v) is 4.25. The van der Waals surface area contributed by atoms with Crippen molar-refractivity contribution < 1.29 is 24.3 Å². The maximum Gasteiger partial charge on any atom is 0.326 e. The average molecular weight is 288 g/mol. The van der Waals surface area contributed by atoms with Gasteiger partial charge in [-0.3, -0.25) is 9.59 Å². The standard InChI is InChI=1S/C11H20N4O5/c1-4-15(3)9(17)6(2)13-11(20)14-7(10(18)19)5-8(12)16/h6-7H,4-5H2,1-3H3,(H2,12,16)(H,18,19)(H2,13,14,20)/t6?,7-/m1/s1. The normalized spacial score (nSPS) is 12.9. The van der Waals surface area contributed by atoms with Gasteiger partial charge in [-0.1, -0.05) is 0 Å². The highest BCUT2D eigenvalue weighted by molar-refractivity contribution is 5.90. The summed E-state index contributed by atoms with van der Waals surface area (Å²) in [6.45, 7) is 3.72. The van der Waals surface area contributed by atoms with Crippen LogP contribution in [-0.2, 0) is 14.4 Å². The number of nitrogens with two attached hydrogens (primary N) is 1. The third-order valence-electron chi connectivity index (χ3n) is 2.58. The Morgan fingerprint density at radius 3 is 2.20 bits per heavy atom. The molecule has 1 unspecified atom stereocenters. The number of nitrogens with zero attached hydrogens (tertiary/aromatic N) is 1. The Labute approximate surface area is 116 Å². The van der Waals surface area contributed by atoms with Gasteiger partial charge < -0.3 is 26.4 Å². The Bertz CT molecular complexity index is 398. The average Bonchev–Trinajstić information content (AvgIpc) is 2.35. The van der Waals surface area contributed by atoms with Gasteiger partial charge in [-0.25, -0.2) is 9.59 Å². The Morgan fingerprint density at radius 1 is 1.25 bits per heavy atom. The van der Waals surface area contributed by atoms with E-state index in [1.807, 2.05) is 0 Å². The van der Waals surface area contributed by atoms with E-state index in [1.54, 1.807) is 14.0 Å². The number of nitrogens with one attached hydrogen (secondary N) is 2. The summed E-state index contributed by atoms with van der Waals surface area (Å²) in [5.41, 5.74) is 4.88. The van der Waals surface area contributed by atoms with E-state index in [2.05, 4.69) is 10.6 Å². The van der Waals surface area contributed by atoms with Crippen molar-refractivity contribution in [2.24, 2.45) is 5.73 Å². The number of urea groups is 1. The molecule has 0 aromatic carbocycles. The lowest BCUT2D eigenvalue weighted by Gasteiger charge is -2.21. The molecule has 0 radical (unpaired) electrons. The largest absolute Gasteiger partial charge is 0.480 e. The van der Waals surface area contributed by atoms with Crippen molar-refractivity contribution in [2.75, 3.05) is 13.6 Å². The van der Waals surface area contributed by atoms with Crippen LogP contribution >= 0.6 is 0 Å². The SMILES string of the molecule is CCN(C)C(=O)C(C)NC(=O)N[C@H](CC(N)=O)C(=O)O. The van der Waals surface area contributed by atoms with E-state index in [9.17, 15) is 19.2 Å². The molecule has 4 amide bonds. The fourth-order valence-electron chi connectivity index (χ4n) is 1.35. The van der Waals surface area contributed by atoms with Crippen LogP contribution in [0.5, 0.6) is 0 Å². The van der Waals surface area contributed by atoms with Gasteiger partial charge in [0, 0.05) is 13.6 Å². The maximum absolute atomic E-state index is 11.7. The van der Waals surface area contributed by atoms with Crippen LogP contribution in [0.15, 0.2) is 0 Å². The number of carbonyl (C=O) groups excluding carboxylic acids is 3. The lowest BCUT2D eigenvalue weighted by atomic mass is 10.2. The molecule has 5 N–H and O–H groups in total. The molecule has 20 heavy (non-hydrogen) atoms. The van der Waals surface area contributed by atoms with E-state index < -0.39 is 36.4 Å². The van der Waals surface area contributed by atoms with Crippen LogP contribution in [0, 0.1) is 0 Å². The van der Waals surface area contributed by atoms with Crippen molar-refractivity contribution in [1.29, 1.82) is 0 Å². The highest BCUT2D eigenvalue weighted by Crippen LogP contribution is 1.94. The molecule has 0 rings (SSSR count). The van der Waals surface area contributed by atoms with Crippen molar-refractivity contribution in [3.05, 3.63) is 0 Å². The number of likely N-dealkylation sites (N-methyl/N-ethyl adjacent to an activating group) is 1. The first-order valence-corrected chi connectivity index (χ1v) is 6.02. The van der Waals surface area contributed by atoms with Gasteiger partial charge in [-0.15, -0.1) is 0 Å². The minimum Gasteiger partial charge on any atom is -0.480 e. The molecule has 9 nitrogen and oxygen atoms in total. The predicted octanol–water partition coefficient (Wildman–Crippen LogP) is -1.52. The topological polar surface area (TPSA) is 142 Å². The molecule has 0 aliphatic carbocycles. The van der Waals surface area contributed by atoms with E-state index in [4.69, 9.17) is 10.8 Å². The molecule has 0 saturated heterocycles. The number of aliphatic carboxylic acids is 1. The number of hydrogen-bond acceptors (Lipinski definition) is 4. The number of amides is 4. The molecule has 0 aromatic heterocycles. The highest BCUT2D eigenvalue weighted by Gasteiger charge is 2.24. The van der Waals surface area contributed by atoms with Gasteiger partial charge in [0.25, 0.3) is 0 Å². The fraction of sp³-hybridized carbons (Fsp3) is 0.636. The van der Waals surface area contributed by atoms with Crippen LogP contribution in [0.3, 0.4) is 0 Å². The minimum absolute atomic E-state index is 0.315. The molecule has 0 heterocycles. The van der Waals surface area contributed by atoms with Gasteiger partial charge in [0.05, 0.1) is 6.42 Å². The first-order chi connectivity index (χ1) is 9.18. The summed E-state index contributed by atoms with van der Waals surface area (Å²) in [4.78, 5) is 46.2. The number of carboxylic acid groups (broad SMARTS) is 1. The summed E-state index contributed by atoms with van der Waals surface area (Å²) < 4.78 is 0. The van der Waals surface area contributed by atoms with Crippen molar-refractivity contribution in [1.82, 2.24) is 15.5 Å². The predicted molar refractivity (Wildman–Crippen MR) is 69.7 cm³/mol. The maximum atomic E-state index is 11.7. The molecule has 9 heteroatoms. The third-order valence-corrected chi connectivity index (χ3v) is 2.58. The van der Waals surface area contributed by atoms with E-state index in [0.717, 1.165) is 0 Å². The van der Waals surface area contributed by atoms with Gasteiger partial charge in [0.2, 0.25) is 11.8 Å². The molecule has 0 fully saturated rings. The highest BCUT2D eigenvalue weighted by atomic mass is 16.4. The lowest BCUT2D eigenvalue weighted by molar-refractivity contribution is -0.140. The Morgan fingerprint density at radius 2 is 1.80 bits per heavy atom. The second-order valence-electron chi connectivity index (χ2n) is 4.25. The monoisotopic (exact) mass is 288 g/mol. The number of hydrogen-bond donors (Lipinski definition) is 4. The molecule has 0 spiro atoms. The summed E-state index contributed by atoms with van der Waals surface area (Å²) in [6.07, 6.45) is -0.528. The summed E-state index contributed by atoms with van der Waals surface area (Å²) >= 11 is 0. The molecule has 0 aromatic rings. The van der Waals surface area contributed by atoms with Crippen molar-refractivity contribution in [3.8, 4) is 0 Å². The molecule has 0 bridgehead atoms. The third kappa shape index (κ3) is 6.03. The Kier molecular flexibility index (Phi) is 7.05. The molecule has 0 aliphatic heterocycles. The van der Waals surface area contributed by atoms with E-state index >= 15 is 0 Å². The summed E-state index contributed by atoms with van der Waals surface area (Å²) in [5, 5.41) is 13.2. The summed E-state index contributed by atoms with van der Waals surface area (Å²) in [5.74, 6) is -2.56. The molecule has 2 atom stereocenters. The quantitative estimate of drug-likeness (QED) is 0.450. The molecule has 114 valence electrons. The van der Waals surface area contributed by atoms with Crippen LogP contribution in [0.4, 0.5) is 4.79 Å². The van der Waals surface area contributed by atoms with Crippen LogP contribution < -0.4 is 16.4 Å². The van der Waals surface area contributed by atoms with Crippen molar-refractivity contribution >= 4 is 23.8 Å². The van der Waals surface area contributed by atoms with Gasteiger partial charge in [0.15, 0.2) is 0 Å². The first-order valence-electron chi connectivity index (χ1n) is 6.02. The lowest BCUT2D eigenvalue weighted by Crippen LogP contribution is -2.53. The number of primary amides is 1. The van der Waals surface area contributed by atoms with Crippen LogP contribution in [0.25, 0.3) is 0 Å². The zero-order valence-corrected chi connectivity index (χ0v) is 11.7. The first kappa shape index (κ1) is 17.7. The van der Waals surface area contributed by atoms with E-state index in [-0.39, 0.29) is 5.91 Å². The van der Waals surface area contributed by atoms with Gasteiger partial charge in [-0.05, 0) is 13.8 Å². The summed E-state index contributed by atoms with van der Waals surface area (Å²) in [6, 6.07) is -3.11. The number of carboxylic acids is 1. The van der Waals surface area contributed by atoms with Crippen molar-refractivity contribution in [3.63, 3.8) is 0 Å². The van der Waals surface area contributed by atoms with Gasteiger partial charge in [-0.2, -0.15) is 0 Å². The van der Waals surface area contributed by atoms with Crippen LogP contribution in [-0.4, -0.2) is 59.5 Å². The minimum atomic E-state index is -1.43. The van der Waals surface area contributed by atoms with Crippen LogP contribution in [0.1, 0.15) is 20.3 Å². The van der Waals surface area contributed by atoms with E-state index in [1.165, 1.54) is 11.8 Å². The zero-order valence-electron chi connectivity index (χ0n) is 11.7. The smallest absolute Gasteiger partial charge is 0.326 e. The van der Waals surface area contributed by atoms with Gasteiger partial charge in [0.1, 0.15) is 12.1 Å². The molecule has 0 saturated carbocycles. The fourth-order valence-corrected chi connectivity index (χ4v) is 1.35. The Balaban J connectivity index is 4.49. The van der Waals surface area contributed by atoms with Crippen LogP contribution in [0.2, 0.25) is 0 Å².